The molecule has 0 atom stereocenters. The molecule has 3 aliphatic rings. The van der Waals surface area contributed by atoms with E-state index in [4.69, 9.17) is 19.4 Å². The number of rotatable bonds is 6. The van der Waals surface area contributed by atoms with Crippen molar-refractivity contribution in [3.05, 3.63) is 58.7 Å². The monoisotopic (exact) mass is 599 g/mol. The maximum absolute atomic E-state index is 15.5. The van der Waals surface area contributed by atoms with Crippen LogP contribution in [0.15, 0.2) is 30.5 Å². The Hall–Kier alpha value is -4.02. The molecular formula is C34H38FN5O4. The molecule has 2 saturated heterocycles. The van der Waals surface area contributed by atoms with E-state index in [-0.39, 0.29) is 6.42 Å². The predicted molar refractivity (Wildman–Crippen MR) is 167 cm³/mol. The molecule has 0 saturated carbocycles. The first-order valence-corrected chi connectivity index (χ1v) is 15.5. The minimum Gasteiger partial charge on any atom is -0.490 e. The summed E-state index contributed by atoms with van der Waals surface area (Å²) in [6.45, 7) is 9.84. The number of anilines is 1. The Balaban J connectivity index is 1.33. The molecule has 1 N–H and O–H groups in total. The van der Waals surface area contributed by atoms with Gasteiger partial charge < -0.3 is 24.0 Å². The zero-order valence-corrected chi connectivity index (χ0v) is 25.5. The summed E-state index contributed by atoms with van der Waals surface area (Å²) in [7, 11) is 1.98. The molecule has 6 heterocycles. The molecule has 4 aromatic rings. The van der Waals surface area contributed by atoms with Gasteiger partial charge in [0.15, 0.2) is 11.6 Å². The summed E-state index contributed by atoms with van der Waals surface area (Å²) in [6, 6.07) is 8.23. The maximum Gasteiger partial charge on any atom is 0.307 e. The van der Waals surface area contributed by atoms with E-state index in [0.29, 0.717) is 35.2 Å². The molecule has 0 aliphatic carbocycles. The van der Waals surface area contributed by atoms with E-state index in [0.717, 1.165) is 103 Å². The van der Waals surface area contributed by atoms with Crippen molar-refractivity contribution >= 4 is 22.8 Å². The number of aromatic nitrogens is 3. The Morgan fingerprint density at radius 2 is 1.95 bits per heavy atom. The van der Waals surface area contributed by atoms with Crippen LogP contribution in [0.25, 0.3) is 33.4 Å². The highest BCUT2D eigenvalue weighted by Gasteiger charge is 2.29. The molecule has 0 spiro atoms. The number of carboxylic acids is 1. The second kappa shape index (κ2) is 11.5. The lowest BCUT2D eigenvalue weighted by atomic mass is 9.87. The fraction of sp³-hybridized carbons (Fsp3) is 0.441. The number of pyridine rings is 2. The molecule has 3 aromatic heterocycles. The topological polar surface area (TPSA) is 93.0 Å². The lowest BCUT2D eigenvalue weighted by Gasteiger charge is -2.36. The van der Waals surface area contributed by atoms with Crippen molar-refractivity contribution in [3.8, 4) is 28.1 Å². The third-order valence-electron chi connectivity index (χ3n) is 9.55. The second-order valence-corrected chi connectivity index (χ2v) is 12.2. The molecule has 0 radical (unpaired) electrons. The largest absolute Gasteiger partial charge is 0.490 e. The Morgan fingerprint density at radius 3 is 2.73 bits per heavy atom. The van der Waals surface area contributed by atoms with Crippen molar-refractivity contribution < 1.29 is 23.8 Å². The first-order chi connectivity index (χ1) is 21.3. The Morgan fingerprint density at radius 1 is 1.11 bits per heavy atom. The quantitative estimate of drug-likeness (QED) is 0.334. The van der Waals surface area contributed by atoms with E-state index in [1.165, 1.54) is 6.07 Å². The van der Waals surface area contributed by atoms with E-state index in [1.807, 2.05) is 37.7 Å². The summed E-state index contributed by atoms with van der Waals surface area (Å²) in [5.41, 5.74) is 7.06. The minimum absolute atomic E-state index is 0.207. The van der Waals surface area contributed by atoms with Gasteiger partial charge in [0.1, 0.15) is 11.5 Å². The zero-order chi connectivity index (χ0) is 30.5. The van der Waals surface area contributed by atoms with Crippen molar-refractivity contribution in [1.29, 1.82) is 0 Å². The zero-order valence-electron chi connectivity index (χ0n) is 25.5. The fourth-order valence-corrected chi connectivity index (χ4v) is 7.07. The van der Waals surface area contributed by atoms with Crippen molar-refractivity contribution in [2.75, 3.05) is 50.9 Å². The van der Waals surface area contributed by atoms with E-state index >= 15 is 4.39 Å². The van der Waals surface area contributed by atoms with Crippen LogP contribution in [-0.2, 0) is 29.4 Å². The van der Waals surface area contributed by atoms with Gasteiger partial charge in [0.05, 0.1) is 38.0 Å². The number of hydrogen-bond donors (Lipinski definition) is 1. The lowest BCUT2D eigenvalue weighted by molar-refractivity contribution is -0.136. The average Bonchev–Trinajstić information content (AvgIpc) is 3.14. The van der Waals surface area contributed by atoms with Gasteiger partial charge >= 0.3 is 5.97 Å². The van der Waals surface area contributed by atoms with Crippen LogP contribution in [-0.4, -0.2) is 82.6 Å². The van der Waals surface area contributed by atoms with Crippen LogP contribution < -0.4 is 9.64 Å². The highest BCUT2D eigenvalue weighted by Crippen LogP contribution is 2.43. The molecule has 3 aliphatic heterocycles. The van der Waals surface area contributed by atoms with Gasteiger partial charge in [-0.15, -0.1) is 0 Å². The third-order valence-corrected chi connectivity index (χ3v) is 9.55. The Bertz CT molecular complexity index is 1760. The van der Waals surface area contributed by atoms with Crippen molar-refractivity contribution in [1.82, 2.24) is 19.4 Å². The van der Waals surface area contributed by atoms with E-state index in [1.54, 1.807) is 0 Å². The van der Waals surface area contributed by atoms with Crippen molar-refractivity contribution in [2.24, 2.45) is 7.05 Å². The normalized spacial score (nSPS) is 17.7. The standard InChI is InChI=1S/C34H38FN5O4/c1-20-24-6-4-13-44-33(24)28(35)15-25(20)32-26(17-31(41)42)21(2)37-34-27(32)16-29(38(34)3)22-7-8-36-30(14-22)40-10-5-9-39(11-12-40)23-18-43-19-23/h7-8,14-16,23H,4-6,9-13,17-19H2,1-3H3,(H,41,42). The lowest BCUT2D eigenvalue weighted by Crippen LogP contribution is -2.50. The van der Waals surface area contributed by atoms with Crippen LogP contribution in [0, 0.1) is 19.7 Å². The van der Waals surface area contributed by atoms with Crippen molar-refractivity contribution in [2.45, 2.75) is 45.6 Å². The summed E-state index contributed by atoms with van der Waals surface area (Å²) >= 11 is 0. The molecule has 44 heavy (non-hydrogen) atoms. The molecule has 9 nitrogen and oxygen atoms in total. The summed E-state index contributed by atoms with van der Waals surface area (Å²) in [4.78, 5) is 26.6. The number of halogens is 1. The van der Waals surface area contributed by atoms with Crippen LogP contribution in [0.2, 0.25) is 0 Å². The summed E-state index contributed by atoms with van der Waals surface area (Å²) in [5.74, 6) is -0.122. The molecular weight excluding hydrogens is 561 g/mol. The number of fused-ring (bicyclic) bond motifs is 2. The highest BCUT2D eigenvalue weighted by molar-refractivity contribution is 6.01. The number of carbonyl (C=O) groups is 1. The highest BCUT2D eigenvalue weighted by atomic mass is 19.1. The van der Waals surface area contributed by atoms with Gasteiger partial charge in [0.25, 0.3) is 0 Å². The van der Waals surface area contributed by atoms with Crippen molar-refractivity contribution in [3.63, 3.8) is 0 Å². The van der Waals surface area contributed by atoms with Gasteiger partial charge in [0, 0.05) is 61.6 Å². The van der Waals surface area contributed by atoms with Crippen LogP contribution in [0.4, 0.5) is 10.2 Å². The fourth-order valence-electron chi connectivity index (χ4n) is 7.07. The Kier molecular flexibility index (Phi) is 7.50. The third kappa shape index (κ3) is 4.99. The van der Waals surface area contributed by atoms with Crippen LogP contribution in [0.3, 0.4) is 0 Å². The van der Waals surface area contributed by atoms with Gasteiger partial charge in [-0.3, -0.25) is 9.69 Å². The molecule has 2 fully saturated rings. The molecule has 0 unspecified atom stereocenters. The van der Waals surface area contributed by atoms with Gasteiger partial charge in [-0.2, -0.15) is 0 Å². The first kappa shape index (κ1) is 28.7. The molecule has 1 aromatic carbocycles. The number of carboxylic acid groups (broad SMARTS) is 1. The molecule has 230 valence electrons. The number of aryl methyl sites for hydroxylation is 2. The number of aliphatic carboxylic acids is 1. The van der Waals surface area contributed by atoms with E-state index < -0.39 is 11.8 Å². The SMILES string of the molecule is Cc1nc2c(cc(-c3ccnc(N4CCCN(C5COC5)CC4)c3)n2C)c(-c2cc(F)c3c(c2C)CCCO3)c1CC(=O)O. The van der Waals surface area contributed by atoms with Crippen LogP contribution >= 0.6 is 0 Å². The molecule has 10 heteroatoms. The Labute approximate surface area is 256 Å². The van der Waals surface area contributed by atoms with E-state index in [2.05, 4.69) is 21.9 Å². The number of hydrogen-bond acceptors (Lipinski definition) is 7. The van der Waals surface area contributed by atoms with Gasteiger partial charge in [0.2, 0.25) is 0 Å². The summed E-state index contributed by atoms with van der Waals surface area (Å²) < 4.78 is 28.7. The van der Waals surface area contributed by atoms with E-state index in [9.17, 15) is 9.90 Å². The first-order valence-electron chi connectivity index (χ1n) is 15.5. The molecule has 0 amide bonds. The second-order valence-electron chi connectivity index (χ2n) is 12.2. The number of ether oxygens (including phenoxy) is 2. The summed E-state index contributed by atoms with van der Waals surface area (Å²) in [5, 5.41) is 10.7. The maximum atomic E-state index is 15.5. The average molecular weight is 600 g/mol. The van der Waals surface area contributed by atoms with Crippen LogP contribution in [0.1, 0.15) is 35.2 Å². The minimum atomic E-state index is -0.953. The van der Waals surface area contributed by atoms with Crippen LogP contribution in [0.5, 0.6) is 5.75 Å². The predicted octanol–water partition coefficient (Wildman–Crippen LogP) is 4.92. The molecule has 0 bridgehead atoms. The van der Waals surface area contributed by atoms with Gasteiger partial charge in [-0.05, 0) is 79.6 Å². The molecule has 7 rings (SSSR count). The van der Waals surface area contributed by atoms with Gasteiger partial charge in [-0.1, -0.05) is 0 Å². The smallest absolute Gasteiger partial charge is 0.307 e. The van der Waals surface area contributed by atoms with Gasteiger partial charge in [-0.25, -0.2) is 14.4 Å². The number of benzene rings is 1. The number of nitrogens with zero attached hydrogens (tertiary/aromatic N) is 5. The summed E-state index contributed by atoms with van der Waals surface area (Å²) in [6.07, 6.45) is 4.24.